The lowest BCUT2D eigenvalue weighted by atomic mass is 9.95. The van der Waals surface area contributed by atoms with E-state index in [0.717, 1.165) is 19.3 Å². The van der Waals surface area contributed by atoms with Crippen molar-refractivity contribution in [2.24, 2.45) is 0 Å². The number of carbonyl (C=O) groups is 1. The Hall–Kier alpha value is -0.930. The molecule has 0 fully saturated rings. The van der Waals surface area contributed by atoms with Gasteiger partial charge in [-0.15, -0.1) is 0 Å². The van der Waals surface area contributed by atoms with E-state index in [4.69, 9.17) is 0 Å². The third-order valence-electron chi connectivity index (χ3n) is 2.90. The maximum Gasteiger partial charge on any atom is 0.273 e. The van der Waals surface area contributed by atoms with Gasteiger partial charge in [-0.05, 0) is 6.42 Å². The van der Waals surface area contributed by atoms with Crippen molar-refractivity contribution < 1.29 is 9.72 Å². The first kappa shape index (κ1) is 15.1. The Labute approximate surface area is 97.6 Å². The van der Waals surface area contributed by atoms with E-state index >= 15 is 0 Å². The van der Waals surface area contributed by atoms with E-state index in [1.165, 1.54) is 33.1 Å². The van der Waals surface area contributed by atoms with Crippen LogP contribution in [-0.4, -0.2) is 16.2 Å². The van der Waals surface area contributed by atoms with Gasteiger partial charge in [0.25, 0.3) is 5.54 Å². The zero-order chi connectivity index (χ0) is 12.6. The molecule has 0 heterocycles. The summed E-state index contributed by atoms with van der Waals surface area (Å²) in [5, 5.41) is 10.6. The number of unbranched alkanes of at least 4 members (excludes halogenated alkanes) is 5. The zero-order valence-corrected chi connectivity index (χ0v) is 10.6. The molecule has 0 aromatic rings. The molecule has 0 radical (unpaired) electrons. The van der Waals surface area contributed by atoms with E-state index in [-0.39, 0.29) is 5.78 Å². The van der Waals surface area contributed by atoms with Crippen LogP contribution in [0.1, 0.15) is 65.7 Å². The van der Waals surface area contributed by atoms with Gasteiger partial charge in [0, 0.05) is 25.2 Å². The smallest absolute Gasteiger partial charge is 0.273 e. The second-order valence-electron chi connectivity index (χ2n) is 4.76. The van der Waals surface area contributed by atoms with Gasteiger partial charge in [-0.2, -0.15) is 0 Å². The predicted molar refractivity (Wildman–Crippen MR) is 64.1 cm³/mol. The van der Waals surface area contributed by atoms with Gasteiger partial charge < -0.3 is 0 Å². The van der Waals surface area contributed by atoms with Crippen LogP contribution < -0.4 is 0 Å². The Morgan fingerprint density at radius 1 is 1.12 bits per heavy atom. The summed E-state index contributed by atoms with van der Waals surface area (Å²) >= 11 is 0. The number of hydrogen-bond donors (Lipinski definition) is 0. The molecule has 0 bridgehead atoms. The highest BCUT2D eigenvalue weighted by Crippen LogP contribution is 2.15. The van der Waals surface area contributed by atoms with Crippen LogP contribution in [0.4, 0.5) is 0 Å². The first-order chi connectivity index (χ1) is 7.42. The highest BCUT2D eigenvalue weighted by Gasteiger charge is 2.38. The molecule has 94 valence electrons. The molecule has 0 aliphatic rings. The Kier molecular flexibility index (Phi) is 6.93. The van der Waals surface area contributed by atoms with Crippen molar-refractivity contribution in [3.63, 3.8) is 0 Å². The largest absolute Gasteiger partial charge is 0.292 e. The maximum absolute atomic E-state index is 11.6. The first-order valence-corrected chi connectivity index (χ1v) is 6.10. The standard InChI is InChI=1S/C12H23NO3/c1-4-5-6-7-8-9-10-11(14)12(2,3)13(15)16/h4-10H2,1-3H3. The third kappa shape index (κ3) is 5.24. The number of nitrogens with zero attached hydrogens (tertiary/aromatic N) is 1. The van der Waals surface area contributed by atoms with Crippen LogP contribution in [0, 0.1) is 10.1 Å². The van der Waals surface area contributed by atoms with E-state index in [0.29, 0.717) is 6.42 Å². The Morgan fingerprint density at radius 3 is 2.12 bits per heavy atom. The molecule has 0 saturated heterocycles. The van der Waals surface area contributed by atoms with Crippen molar-refractivity contribution in [3.8, 4) is 0 Å². The van der Waals surface area contributed by atoms with Crippen LogP contribution in [0.15, 0.2) is 0 Å². The quantitative estimate of drug-likeness (QED) is 0.346. The molecule has 0 saturated carbocycles. The molecule has 4 heteroatoms. The lowest BCUT2D eigenvalue weighted by Crippen LogP contribution is -2.40. The minimum absolute atomic E-state index is 0.256. The number of hydrogen-bond acceptors (Lipinski definition) is 3. The minimum atomic E-state index is -1.41. The van der Waals surface area contributed by atoms with Crippen LogP contribution in [0.2, 0.25) is 0 Å². The Morgan fingerprint density at radius 2 is 1.62 bits per heavy atom. The third-order valence-corrected chi connectivity index (χ3v) is 2.90. The predicted octanol–water partition coefficient (Wildman–Crippen LogP) is 3.36. The molecule has 0 atom stereocenters. The summed E-state index contributed by atoms with van der Waals surface area (Å²) in [7, 11) is 0. The average molecular weight is 229 g/mol. The molecule has 0 unspecified atom stereocenters. The molecule has 16 heavy (non-hydrogen) atoms. The molecule has 0 spiro atoms. The second kappa shape index (κ2) is 7.36. The summed E-state index contributed by atoms with van der Waals surface area (Å²) in [4.78, 5) is 21.7. The molecule has 0 rings (SSSR count). The molecule has 0 N–H and O–H groups in total. The lowest BCUT2D eigenvalue weighted by molar-refractivity contribution is -0.542. The van der Waals surface area contributed by atoms with Crippen LogP contribution in [0.25, 0.3) is 0 Å². The van der Waals surface area contributed by atoms with Crippen molar-refractivity contribution in [1.29, 1.82) is 0 Å². The second-order valence-corrected chi connectivity index (χ2v) is 4.76. The Bertz CT molecular complexity index is 236. The summed E-state index contributed by atoms with van der Waals surface area (Å²) in [6.45, 7) is 4.92. The number of Topliss-reactive ketones (excluding diaryl/α,β-unsaturated/α-hetero) is 1. The van der Waals surface area contributed by atoms with Gasteiger partial charge in [-0.3, -0.25) is 14.9 Å². The molecular weight excluding hydrogens is 206 g/mol. The summed E-state index contributed by atoms with van der Waals surface area (Å²) in [5.41, 5.74) is -1.41. The van der Waals surface area contributed by atoms with E-state index < -0.39 is 10.5 Å². The molecular formula is C12H23NO3. The molecule has 4 nitrogen and oxygen atoms in total. The highest BCUT2D eigenvalue weighted by atomic mass is 16.6. The molecule has 0 aromatic carbocycles. The zero-order valence-electron chi connectivity index (χ0n) is 10.6. The highest BCUT2D eigenvalue weighted by molar-refractivity contribution is 5.86. The fourth-order valence-electron chi connectivity index (χ4n) is 1.47. The summed E-state index contributed by atoms with van der Waals surface area (Å²) in [5.74, 6) is -0.256. The van der Waals surface area contributed by atoms with E-state index in [2.05, 4.69) is 6.92 Å². The van der Waals surface area contributed by atoms with Crippen LogP contribution in [0.3, 0.4) is 0 Å². The summed E-state index contributed by atoms with van der Waals surface area (Å²) in [6.07, 6.45) is 6.87. The van der Waals surface area contributed by atoms with Gasteiger partial charge in [0.2, 0.25) is 5.78 Å². The van der Waals surface area contributed by atoms with Crippen molar-refractivity contribution in [2.45, 2.75) is 71.3 Å². The van der Waals surface area contributed by atoms with Crippen LogP contribution >= 0.6 is 0 Å². The Balaban J connectivity index is 3.70. The van der Waals surface area contributed by atoms with Crippen molar-refractivity contribution in [1.82, 2.24) is 0 Å². The van der Waals surface area contributed by atoms with E-state index in [1.807, 2.05) is 0 Å². The van der Waals surface area contributed by atoms with Crippen molar-refractivity contribution >= 4 is 5.78 Å². The number of nitro groups is 1. The SMILES string of the molecule is CCCCCCCCC(=O)C(C)(C)[N+](=O)[O-]. The van der Waals surface area contributed by atoms with E-state index in [9.17, 15) is 14.9 Å². The van der Waals surface area contributed by atoms with Crippen LogP contribution in [-0.2, 0) is 4.79 Å². The van der Waals surface area contributed by atoms with Crippen LogP contribution in [0.5, 0.6) is 0 Å². The topological polar surface area (TPSA) is 60.2 Å². The van der Waals surface area contributed by atoms with Crippen molar-refractivity contribution in [3.05, 3.63) is 10.1 Å². The van der Waals surface area contributed by atoms with Gasteiger partial charge in [-0.25, -0.2) is 0 Å². The monoisotopic (exact) mass is 229 g/mol. The number of rotatable bonds is 9. The summed E-state index contributed by atoms with van der Waals surface area (Å²) in [6, 6.07) is 0. The molecule has 0 amide bonds. The summed E-state index contributed by atoms with van der Waals surface area (Å²) < 4.78 is 0. The minimum Gasteiger partial charge on any atom is -0.292 e. The normalized spacial score (nSPS) is 11.4. The van der Waals surface area contributed by atoms with Crippen molar-refractivity contribution in [2.75, 3.05) is 0 Å². The number of carbonyl (C=O) groups excluding carboxylic acids is 1. The molecule has 0 aliphatic carbocycles. The fraction of sp³-hybridized carbons (Fsp3) is 0.917. The first-order valence-electron chi connectivity index (χ1n) is 6.10. The van der Waals surface area contributed by atoms with Gasteiger partial charge >= 0.3 is 0 Å². The van der Waals surface area contributed by atoms with Gasteiger partial charge in [0.1, 0.15) is 0 Å². The van der Waals surface area contributed by atoms with Gasteiger partial charge in [0.15, 0.2) is 0 Å². The lowest BCUT2D eigenvalue weighted by Gasteiger charge is -2.13. The van der Waals surface area contributed by atoms with Gasteiger partial charge in [-0.1, -0.05) is 39.0 Å². The van der Waals surface area contributed by atoms with Gasteiger partial charge in [0.05, 0.1) is 0 Å². The average Bonchev–Trinajstić information content (AvgIpc) is 2.22. The number of ketones is 1. The molecule has 0 aromatic heterocycles. The van der Waals surface area contributed by atoms with E-state index in [1.54, 1.807) is 0 Å². The fourth-order valence-corrected chi connectivity index (χ4v) is 1.47. The molecule has 0 aliphatic heterocycles. The maximum atomic E-state index is 11.6.